The molecule has 4 heteroatoms. The topological polar surface area (TPSA) is 53.1 Å². The van der Waals surface area contributed by atoms with Crippen LogP contribution in [0.25, 0.3) is 0 Å². The first-order valence-corrected chi connectivity index (χ1v) is 3.07. The number of pyridine rings is 1. The number of nitrogens with one attached hydrogen (secondary N) is 1. The van der Waals surface area contributed by atoms with E-state index in [1.54, 1.807) is 6.92 Å². The Hall–Kier alpha value is -0.960. The van der Waals surface area contributed by atoms with E-state index in [2.05, 4.69) is 4.98 Å². The van der Waals surface area contributed by atoms with Crippen LogP contribution in [0.3, 0.4) is 0 Å². The third-order valence-corrected chi connectivity index (χ3v) is 1.55. The predicted octanol–water partition coefficient (Wildman–Crippen LogP) is 1.04. The maximum atomic E-state index is 10.6. The Labute approximate surface area is 62.3 Å². The van der Waals surface area contributed by atoms with E-state index in [4.69, 9.17) is 16.7 Å². The first-order valence-electron chi connectivity index (χ1n) is 2.69. The van der Waals surface area contributed by atoms with Gasteiger partial charge in [0.15, 0.2) is 5.75 Å². The smallest absolute Gasteiger partial charge is 0.290 e. The van der Waals surface area contributed by atoms with Crippen LogP contribution >= 0.6 is 11.6 Å². The lowest BCUT2D eigenvalue weighted by molar-refractivity contribution is 0.466. The van der Waals surface area contributed by atoms with Gasteiger partial charge >= 0.3 is 0 Å². The van der Waals surface area contributed by atoms with Crippen LogP contribution in [-0.2, 0) is 0 Å². The largest absolute Gasteiger partial charge is 0.503 e. The SMILES string of the molecule is Cc1[nH]c(=O)c(O)cc1Cl. The fourth-order valence-electron chi connectivity index (χ4n) is 0.588. The molecule has 0 saturated heterocycles. The zero-order valence-corrected chi connectivity index (χ0v) is 6.07. The molecule has 10 heavy (non-hydrogen) atoms. The monoisotopic (exact) mass is 159 g/mol. The van der Waals surface area contributed by atoms with E-state index in [0.29, 0.717) is 10.7 Å². The molecule has 2 N–H and O–H groups in total. The summed E-state index contributed by atoms with van der Waals surface area (Å²) >= 11 is 5.56. The summed E-state index contributed by atoms with van der Waals surface area (Å²) in [6.07, 6.45) is 0. The summed E-state index contributed by atoms with van der Waals surface area (Å²) in [6.45, 7) is 1.66. The van der Waals surface area contributed by atoms with Crippen molar-refractivity contribution >= 4 is 11.6 Å². The van der Waals surface area contributed by atoms with Gasteiger partial charge in [-0.3, -0.25) is 4.79 Å². The van der Waals surface area contributed by atoms with Gasteiger partial charge in [-0.05, 0) is 6.92 Å². The molecule has 0 unspecified atom stereocenters. The van der Waals surface area contributed by atoms with Gasteiger partial charge in [0, 0.05) is 11.8 Å². The third kappa shape index (κ3) is 1.14. The van der Waals surface area contributed by atoms with Crippen molar-refractivity contribution < 1.29 is 5.11 Å². The van der Waals surface area contributed by atoms with Crippen LogP contribution in [0, 0.1) is 6.92 Å². The molecule has 1 aromatic rings. The Balaban J connectivity index is 3.43. The zero-order valence-electron chi connectivity index (χ0n) is 5.31. The second-order valence-corrected chi connectivity index (χ2v) is 2.36. The first-order chi connectivity index (χ1) is 4.61. The van der Waals surface area contributed by atoms with Crippen LogP contribution in [0.15, 0.2) is 10.9 Å². The van der Waals surface area contributed by atoms with Gasteiger partial charge in [0.25, 0.3) is 5.56 Å². The summed E-state index contributed by atoms with van der Waals surface area (Å²) in [5.74, 6) is -0.351. The molecule has 1 rings (SSSR count). The average molecular weight is 160 g/mol. The van der Waals surface area contributed by atoms with Crippen LogP contribution in [0.4, 0.5) is 0 Å². The minimum atomic E-state index is -0.512. The molecule has 0 radical (unpaired) electrons. The van der Waals surface area contributed by atoms with Gasteiger partial charge in [-0.2, -0.15) is 0 Å². The molecule has 54 valence electrons. The van der Waals surface area contributed by atoms with Gasteiger partial charge in [-0.1, -0.05) is 11.6 Å². The van der Waals surface area contributed by atoms with Crippen LogP contribution < -0.4 is 5.56 Å². The molecule has 3 nitrogen and oxygen atoms in total. The van der Waals surface area contributed by atoms with Gasteiger partial charge < -0.3 is 10.1 Å². The molecular weight excluding hydrogens is 154 g/mol. The summed E-state index contributed by atoms with van der Waals surface area (Å²) in [5.41, 5.74) is 0.0476. The normalized spacial score (nSPS) is 9.80. The lowest BCUT2D eigenvalue weighted by atomic mass is 10.4. The second-order valence-electron chi connectivity index (χ2n) is 1.96. The summed E-state index contributed by atoms with van der Waals surface area (Å²) in [5, 5.41) is 9.15. The number of aromatic hydroxyl groups is 1. The molecular formula is C6H6ClNO2. The number of hydrogen-bond donors (Lipinski definition) is 2. The van der Waals surface area contributed by atoms with Gasteiger partial charge in [-0.25, -0.2) is 0 Å². The van der Waals surface area contributed by atoms with Crippen molar-refractivity contribution in [1.29, 1.82) is 0 Å². The molecule has 0 atom stereocenters. The van der Waals surface area contributed by atoms with Crippen LogP contribution in [-0.4, -0.2) is 10.1 Å². The Morgan fingerprint density at radius 2 is 2.30 bits per heavy atom. The second kappa shape index (κ2) is 2.34. The molecule has 1 aromatic heterocycles. The summed E-state index contributed by atoms with van der Waals surface area (Å²) in [6, 6.07) is 1.22. The minimum absolute atomic E-state index is 0.351. The van der Waals surface area contributed by atoms with E-state index >= 15 is 0 Å². The maximum absolute atomic E-state index is 10.6. The number of aromatic nitrogens is 1. The third-order valence-electron chi connectivity index (χ3n) is 1.16. The summed E-state index contributed by atoms with van der Waals surface area (Å²) in [7, 11) is 0. The highest BCUT2D eigenvalue weighted by molar-refractivity contribution is 6.31. The van der Waals surface area contributed by atoms with E-state index in [-0.39, 0.29) is 5.75 Å². The summed E-state index contributed by atoms with van der Waals surface area (Å²) in [4.78, 5) is 13.0. The predicted molar refractivity (Wildman–Crippen MR) is 38.5 cm³/mol. The minimum Gasteiger partial charge on any atom is -0.503 e. The van der Waals surface area contributed by atoms with Crippen LogP contribution in [0.5, 0.6) is 5.75 Å². The fourth-order valence-corrected chi connectivity index (χ4v) is 0.738. The maximum Gasteiger partial charge on any atom is 0.290 e. The lowest BCUT2D eigenvalue weighted by Gasteiger charge is -1.95. The Bertz CT molecular complexity index is 305. The molecule has 1 heterocycles. The molecule has 0 amide bonds. The van der Waals surface area contributed by atoms with E-state index in [1.165, 1.54) is 6.07 Å². The standard InChI is InChI=1S/C6H6ClNO2/c1-3-4(7)2-5(9)6(10)8-3/h2,9H,1H3,(H,8,10). The molecule has 0 bridgehead atoms. The van der Waals surface area contributed by atoms with Crippen molar-refractivity contribution in [3.63, 3.8) is 0 Å². The molecule has 0 spiro atoms. The van der Waals surface area contributed by atoms with Crippen molar-refractivity contribution in [3.05, 3.63) is 27.1 Å². The van der Waals surface area contributed by atoms with Crippen molar-refractivity contribution in [2.75, 3.05) is 0 Å². The fraction of sp³-hybridized carbons (Fsp3) is 0.167. The number of hydrogen-bond acceptors (Lipinski definition) is 2. The van der Waals surface area contributed by atoms with Crippen molar-refractivity contribution in [2.45, 2.75) is 6.92 Å². The molecule has 0 aromatic carbocycles. The van der Waals surface area contributed by atoms with E-state index in [0.717, 1.165) is 0 Å². The van der Waals surface area contributed by atoms with Gasteiger partial charge in [0.1, 0.15) is 0 Å². The van der Waals surface area contributed by atoms with Crippen LogP contribution in [0.1, 0.15) is 5.69 Å². The van der Waals surface area contributed by atoms with Crippen molar-refractivity contribution in [2.24, 2.45) is 0 Å². The highest BCUT2D eigenvalue weighted by Gasteiger charge is 1.99. The molecule has 0 aliphatic rings. The molecule has 0 fully saturated rings. The highest BCUT2D eigenvalue weighted by Crippen LogP contribution is 2.13. The average Bonchev–Trinajstić information content (AvgIpc) is 1.84. The zero-order chi connectivity index (χ0) is 7.72. The van der Waals surface area contributed by atoms with Gasteiger partial charge in [0.05, 0.1) is 5.02 Å². The van der Waals surface area contributed by atoms with E-state index in [1.807, 2.05) is 0 Å². The Morgan fingerprint density at radius 1 is 1.70 bits per heavy atom. The number of aromatic amines is 1. The highest BCUT2D eigenvalue weighted by atomic mass is 35.5. The molecule has 0 aliphatic carbocycles. The Kier molecular flexibility index (Phi) is 1.68. The number of rotatable bonds is 0. The van der Waals surface area contributed by atoms with E-state index in [9.17, 15) is 4.79 Å². The number of halogens is 1. The van der Waals surface area contributed by atoms with Crippen LogP contribution in [0.2, 0.25) is 5.02 Å². The quantitative estimate of drug-likeness (QED) is 0.595. The Morgan fingerprint density at radius 3 is 2.80 bits per heavy atom. The van der Waals surface area contributed by atoms with Gasteiger partial charge in [-0.15, -0.1) is 0 Å². The number of H-pyrrole nitrogens is 1. The van der Waals surface area contributed by atoms with Crippen molar-refractivity contribution in [1.82, 2.24) is 4.98 Å². The van der Waals surface area contributed by atoms with Crippen molar-refractivity contribution in [3.8, 4) is 5.75 Å². The van der Waals surface area contributed by atoms with Gasteiger partial charge in [0.2, 0.25) is 0 Å². The summed E-state index contributed by atoms with van der Waals surface area (Å²) < 4.78 is 0. The first kappa shape index (κ1) is 7.15. The number of aryl methyl sites for hydroxylation is 1. The van der Waals surface area contributed by atoms with E-state index < -0.39 is 5.56 Å². The lowest BCUT2D eigenvalue weighted by Crippen LogP contribution is -2.05. The molecule has 0 saturated carbocycles. The molecule has 0 aliphatic heterocycles.